The second-order valence-electron chi connectivity index (χ2n) is 5.38. The molecule has 0 aliphatic heterocycles. The molecule has 2 aromatic rings. The Morgan fingerprint density at radius 1 is 1.20 bits per heavy atom. The molecule has 7 nitrogen and oxygen atoms in total. The van der Waals surface area contributed by atoms with Gasteiger partial charge in [0.05, 0.1) is 26.5 Å². The Bertz CT molecular complexity index is 712. The van der Waals surface area contributed by atoms with E-state index in [-0.39, 0.29) is 36.6 Å². The van der Waals surface area contributed by atoms with Crippen LogP contribution in [0.4, 0.5) is 0 Å². The van der Waals surface area contributed by atoms with E-state index >= 15 is 0 Å². The number of ether oxygens (including phenoxy) is 2. The molecule has 2 amide bonds. The van der Waals surface area contributed by atoms with Crippen LogP contribution in [-0.2, 0) is 4.79 Å². The van der Waals surface area contributed by atoms with Gasteiger partial charge in [-0.2, -0.15) is 0 Å². The molecule has 2 rings (SSSR count). The Kier molecular flexibility index (Phi) is 6.45. The van der Waals surface area contributed by atoms with Crippen LogP contribution in [0.5, 0.6) is 11.5 Å². The SMILES string of the molecule is COc1ccc(OC)c(C(C)NC(=O)CCNC(=O)c2ccco2)c1. The highest BCUT2D eigenvalue weighted by molar-refractivity contribution is 5.91. The molecule has 1 aromatic carbocycles. The van der Waals surface area contributed by atoms with Gasteiger partial charge in [-0.25, -0.2) is 0 Å². The van der Waals surface area contributed by atoms with Gasteiger partial charge < -0.3 is 24.5 Å². The highest BCUT2D eigenvalue weighted by atomic mass is 16.5. The molecule has 0 radical (unpaired) electrons. The van der Waals surface area contributed by atoms with Gasteiger partial charge in [0.1, 0.15) is 11.5 Å². The maximum Gasteiger partial charge on any atom is 0.286 e. The molecule has 0 bridgehead atoms. The van der Waals surface area contributed by atoms with Crippen molar-refractivity contribution in [3.05, 3.63) is 47.9 Å². The summed E-state index contributed by atoms with van der Waals surface area (Å²) in [6, 6.07) is 8.33. The van der Waals surface area contributed by atoms with E-state index in [1.807, 2.05) is 13.0 Å². The quantitative estimate of drug-likeness (QED) is 0.765. The predicted octanol–water partition coefficient (Wildman–Crippen LogP) is 2.29. The van der Waals surface area contributed by atoms with E-state index in [1.165, 1.54) is 6.26 Å². The molecule has 1 atom stereocenters. The second kappa shape index (κ2) is 8.77. The molecule has 25 heavy (non-hydrogen) atoms. The Morgan fingerprint density at radius 2 is 2.00 bits per heavy atom. The highest BCUT2D eigenvalue weighted by Gasteiger charge is 2.15. The summed E-state index contributed by atoms with van der Waals surface area (Å²) in [5.41, 5.74) is 0.815. The van der Waals surface area contributed by atoms with Crippen LogP contribution in [-0.4, -0.2) is 32.6 Å². The number of rotatable bonds is 8. The third-order valence-electron chi connectivity index (χ3n) is 3.66. The summed E-state index contributed by atoms with van der Waals surface area (Å²) in [7, 11) is 3.15. The van der Waals surface area contributed by atoms with E-state index in [4.69, 9.17) is 13.9 Å². The summed E-state index contributed by atoms with van der Waals surface area (Å²) in [6.07, 6.45) is 1.58. The Balaban J connectivity index is 1.86. The van der Waals surface area contributed by atoms with Crippen LogP contribution in [0.15, 0.2) is 41.0 Å². The molecule has 1 heterocycles. The first kappa shape index (κ1) is 18.4. The zero-order chi connectivity index (χ0) is 18.2. The number of nitrogens with one attached hydrogen (secondary N) is 2. The minimum atomic E-state index is -0.347. The largest absolute Gasteiger partial charge is 0.497 e. The van der Waals surface area contributed by atoms with Gasteiger partial charge in [0.15, 0.2) is 5.76 Å². The van der Waals surface area contributed by atoms with Crippen molar-refractivity contribution in [2.24, 2.45) is 0 Å². The Labute approximate surface area is 146 Å². The first-order valence-electron chi connectivity index (χ1n) is 7.88. The van der Waals surface area contributed by atoms with Gasteiger partial charge in [0.25, 0.3) is 5.91 Å². The fourth-order valence-electron chi connectivity index (χ4n) is 2.35. The van der Waals surface area contributed by atoms with Crippen molar-refractivity contribution in [3.63, 3.8) is 0 Å². The third-order valence-corrected chi connectivity index (χ3v) is 3.66. The maximum absolute atomic E-state index is 12.1. The van der Waals surface area contributed by atoms with Gasteiger partial charge in [-0.3, -0.25) is 9.59 Å². The van der Waals surface area contributed by atoms with Crippen LogP contribution in [0, 0.1) is 0 Å². The predicted molar refractivity (Wildman–Crippen MR) is 91.8 cm³/mol. The second-order valence-corrected chi connectivity index (χ2v) is 5.38. The van der Waals surface area contributed by atoms with Gasteiger partial charge in [0, 0.05) is 18.5 Å². The van der Waals surface area contributed by atoms with Crippen molar-refractivity contribution in [1.29, 1.82) is 0 Å². The van der Waals surface area contributed by atoms with Gasteiger partial charge in [0.2, 0.25) is 5.91 Å². The van der Waals surface area contributed by atoms with Gasteiger partial charge in [-0.1, -0.05) is 0 Å². The average molecular weight is 346 g/mol. The molecule has 0 spiro atoms. The lowest BCUT2D eigenvalue weighted by atomic mass is 10.1. The molecular formula is C18H22N2O5. The zero-order valence-corrected chi connectivity index (χ0v) is 14.5. The lowest BCUT2D eigenvalue weighted by Gasteiger charge is -2.18. The molecule has 134 valence electrons. The summed E-state index contributed by atoms with van der Waals surface area (Å²) in [6.45, 7) is 2.07. The number of hydrogen-bond donors (Lipinski definition) is 2. The monoisotopic (exact) mass is 346 g/mol. The van der Waals surface area contributed by atoms with Crippen LogP contribution in [0.25, 0.3) is 0 Å². The van der Waals surface area contributed by atoms with Crippen LogP contribution >= 0.6 is 0 Å². The van der Waals surface area contributed by atoms with Crippen LogP contribution in [0.2, 0.25) is 0 Å². The number of carbonyl (C=O) groups is 2. The van der Waals surface area contributed by atoms with Crippen LogP contribution in [0.1, 0.15) is 35.5 Å². The zero-order valence-electron chi connectivity index (χ0n) is 14.5. The third kappa shape index (κ3) is 5.00. The highest BCUT2D eigenvalue weighted by Crippen LogP contribution is 2.29. The molecule has 1 aromatic heterocycles. The molecule has 0 aliphatic carbocycles. The molecule has 1 unspecified atom stereocenters. The van der Waals surface area contributed by atoms with Gasteiger partial charge in [-0.15, -0.1) is 0 Å². The van der Waals surface area contributed by atoms with Crippen molar-refractivity contribution >= 4 is 11.8 Å². The normalized spacial score (nSPS) is 11.5. The van der Waals surface area contributed by atoms with Gasteiger partial charge >= 0.3 is 0 Å². The topological polar surface area (TPSA) is 89.8 Å². The van der Waals surface area contributed by atoms with E-state index in [9.17, 15) is 9.59 Å². The van der Waals surface area contributed by atoms with Crippen molar-refractivity contribution < 1.29 is 23.5 Å². The summed E-state index contributed by atoms with van der Waals surface area (Å²) in [5.74, 6) is 1.04. The minimum Gasteiger partial charge on any atom is -0.497 e. The maximum atomic E-state index is 12.1. The standard InChI is InChI=1S/C18H22N2O5/c1-12(14-11-13(23-2)6-7-15(14)24-3)20-17(21)8-9-19-18(22)16-5-4-10-25-16/h4-7,10-12H,8-9H2,1-3H3,(H,19,22)(H,20,21). The van der Waals surface area contributed by atoms with E-state index in [0.29, 0.717) is 11.5 Å². The van der Waals surface area contributed by atoms with Crippen molar-refractivity contribution in [2.45, 2.75) is 19.4 Å². The summed E-state index contributed by atoms with van der Waals surface area (Å²) in [5, 5.41) is 5.51. The van der Waals surface area contributed by atoms with E-state index < -0.39 is 0 Å². The Hall–Kier alpha value is -2.96. The molecule has 2 N–H and O–H groups in total. The summed E-state index contributed by atoms with van der Waals surface area (Å²) in [4.78, 5) is 23.8. The van der Waals surface area contributed by atoms with Gasteiger partial charge in [-0.05, 0) is 37.3 Å². The average Bonchev–Trinajstić information content (AvgIpc) is 3.15. The lowest BCUT2D eigenvalue weighted by Crippen LogP contribution is -2.32. The van der Waals surface area contributed by atoms with Crippen molar-refractivity contribution in [2.75, 3.05) is 20.8 Å². The number of hydrogen-bond acceptors (Lipinski definition) is 5. The summed E-state index contributed by atoms with van der Waals surface area (Å²) >= 11 is 0. The van der Waals surface area contributed by atoms with E-state index in [1.54, 1.807) is 38.5 Å². The number of benzene rings is 1. The molecule has 7 heteroatoms. The molecule has 0 aliphatic rings. The molecular weight excluding hydrogens is 324 g/mol. The molecule has 0 fully saturated rings. The van der Waals surface area contributed by atoms with Crippen LogP contribution < -0.4 is 20.1 Å². The number of methoxy groups -OCH3 is 2. The first-order chi connectivity index (χ1) is 12.0. The molecule has 0 saturated carbocycles. The van der Waals surface area contributed by atoms with Crippen molar-refractivity contribution in [1.82, 2.24) is 10.6 Å². The summed E-state index contributed by atoms with van der Waals surface area (Å²) < 4.78 is 15.5. The minimum absolute atomic E-state index is 0.156. The Morgan fingerprint density at radius 3 is 2.64 bits per heavy atom. The number of amides is 2. The smallest absolute Gasteiger partial charge is 0.286 e. The van der Waals surface area contributed by atoms with Crippen molar-refractivity contribution in [3.8, 4) is 11.5 Å². The first-order valence-corrected chi connectivity index (χ1v) is 7.88. The fraction of sp³-hybridized carbons (Fsp3) is 0.333. The van der Waals surface area contributed by atoms with E-state index in [2.05, 4.69) is 10.6 Å². The lowest BCUT2D eigenvalue weighted by molar-refractivity contribution is -0.121. The number of carbonyl (C=O) groups excluding carboxylic acids is 2. The number of furan rings is 1. The molecule has 0 saturated heterocycles. The van der Waals surface area contributed by atoms with E-state index in [0.717, 1.165) is 5.56 Å². The fourth-order valence-corrected chi connectivity index (χ4v) is 2.35. The van der Waals surface area contributed by atoms with Crippen LogP contribution in [0.3, 0.4) is 0 Å².